The molecule has 2 fully saturated rings. The van der Waals surface area contributed by atoms with Crippen molar-refractivity contribution in [2.24, 2.45) is 5.92 Å². The number of piperidine rings is 1. The topological polar surface area (TPSA) is 41.6 Å². The number of carbonyl (C=O) groups excluding carboxylic acids is 1. The molecule has 2 rings (SSSR count). The number of rotatable bonds is 5. The second-order valence-electron chi connectivity index (χ2n) is 6.19. The molecule has 2 heterocycles. The molecule has 1 atom stereocenters. The fourth-order valence-corrected chi connectivity index (χ4v) is 3.67. The Kier molecular flexibility index (Phi) is 6.80. The predicted octanol–water partition coefficient (Wildman–Crippen LogP) is 2.18. The third-order valence-corrected chi connectivity index (χ3v) is 4.79. The molecular weight excluding hydrogens is 252 g/mol. The number of likely N-dealkylation sites (tertiary alicyclic amines) is 1. The minimum atomic E-state index is 0.354. The van der Waals surface area contributed by atoms with Gasteiger partial charge < -0.3 is 15.0 Å². The highest BCUT2D eigenvalue weighted by molar-refractivity contribution is 5.76. The van der Waals surface area contributed by atoms with Crippen LogP contribution in [0.2, 0.25) is 0 Å². The van der Waals surface area contributed by atoms with Crippen LogP contribution in [0.3, 0.4) is 0 Å². The van der Waals surface area contributed by atoms with Gasteiger partial charge in [0.05, 0.1) is 0 Å². The van der Waals surface area contributed by atoms with E-state index in [0.717, 1.165) is 26.1 Å². The van der Waals surface area contributed by atoms with Crippen LogP contribution in [0.15, 0.2) is 0 Å². The van der Waals surface area contributed by atoms with Gasteiger partial charge in [0.1, 0.15) is 0 Å². The van der Waals surface area contributed by atoms with E-state index in [-0.39, 0.29) is 0 Å². The molecule has 4 heteroatoms. The van der Waals surface area contributed by atoms with Gasteiger partial charge in [0.25, 0.3) is 0 Å². The monoisotopic (exact) mass is 282 g/mol. The third-order valence-electron chi connectivity index (χ3n) is 4.79. The minimum Gasteiger partial charge on any atom is -0.385 e. The summed E-state index contributed by atoms with van der Waals surface area (Å²) in [6, 6.07) is 0.495. The normalized spacial score (nSPS) is 25.4. The largest absolute Gasteiger partial charge is 0.385 e. The Labute approximate surface area is 123 Å². The van der Waals surface area contributed by atoms with Gasteiger partial charge in [-0.2, -0.15) is 0 Å². The first kappa shape index (κ1) is 15.8. The molecule has 0 aromatic rings. The van der Waals surface area contributed by atoms with E-state index in [1.807, 2.05) is 0 Å². The summed E-state index contributed by atoms with van der Waals surface area (Å²) >= 11 is 0. The van der Waals surface area contributed by atoms with Crippen LogP contribution in [0.5, 0.6) is 0 Å². The molecule has 116 valence electrons. The van der Waals surface area contributed by atoms with E-state index in [2.05, 4.69) is 10.2 Å². The Balaban J connectivity index is 1.94. The molecule has 2 saturated heterocycles. The van der Waals surface area contributed by atoms with Gasteiger partial charge in [0.15, 0.2) is 0 Å². The number of hydrogen-bond acceptors (Lipinski definition) is 3. The quantitative estimate of drug-likeness (QED) is 0.786. The average molecular weight is 282 g/mol. The summed E-state index contributed by atoms with van der Waals surface area (Å²) in [5.41, 5.74) is 0. The van der Waals surface area contributed by atoms with Crippen LogP contribution < -0.4 is 5.32 Å². The molecule has 20 heavy (non-hydrogen) atoms. The summed E-state index contributed by atoms with van der Waals surface area (Å²) < 4.78 is 5.07. The van der Waals surface area contributed by atoms with Crippen LogP contribution in [0.25, 0.3) is 0 Å². The maximum Gasteiger partial charge on any atom is 0.222 e. The van der Waals surface area contributed by atoms with Gasteiger partial charge in [0, 0.05) is 32.7 Å². The smallest absolute Gasteiger partial charge is 0.222 e. The second kappa shape index (κ2) is 8.63. The van der Waals surface area contributed by atoms with E-state index < -0.39 is 0 Å². The summed E-state index contributed by atoms with van der Waals surface area (Å²) in [7, 11) is 1.70. The molecule has 0 saturated carbocycles. The van der Waals surface area contributed by atoms with Crippen LogP contribution in [0, 0.1) is 5.92 Å². The molecule has 0 aromatic heterocycles. The first-order valence-electron chi connectivity index (χ1n) is 8.32. The van der Waals surface area contributed by atoms with Crippen molar-refractivity contribution in [3.05, 3.63) is 0 Å². The lowest BCUT2D eigenvalue weighted by atomic mass is 9.86. The molecular formula is C16H30N2O2. The zero-order chi connectivity index (χ0) is 14.2. The van der Waals surface area contributed by atoms with Gasteiger partial charge in [-0.1, -0.05) is 12.8 Å². The fourth-order valence-electron chi connectivity index (χ4n) is 3.67. The molecule has 0 aromatic carbocycles. The van der Waals surface area contributed by atoms with E-state index in [9.17, 15) is 4.79 Å². The van der Waals surface area contributed by atoms with Crippen molar-refractivity contribution in [2.75, 3.05) is 33.4 Å². The van der Waals surface area contributed by atoms with Crippen molar-refractivity contribution in [1.29, 1.82) is 0 Å². The summed E-state index contributed by atoms with van der Waals surface area (Å²) in [6.45, 7) is 3.90. The molecule has 0 radical (unpaired) electrons. The summed E-state index contributed by atoms with van der Waals surface area (Å²) in [4.78, 5) is 14.8. The second-order valence-corrected chi connectivity index (χ2v) is 6.19. The number of nitrogens with zero attached hydrogens (tertiary/aromatic N) is 1. The van der Waals surface area contributed by atoms with Gasteiger partial charge in [-0.05, 0) is 51.1 Å². The minimum absolute atomic E-state index is 0.354. The van der Waals surface area contributed by atoms with Gasteiger partial charge >= 0.3 is 0 Å². The predicted molar refractivity (Wildman–Crippen MR) is 80.7 cm³/mol. The van der Waals surface area contributed by atoms with E-state index in [4.69, 9.17) is 4.74 Å². The first-order valence-corrected chi connectivity index (χ1v) is 8.32. The van der Waals surface area contributed by atoms with Crippen molar-refractivity contribution < 1.29 is 9.53 Å². The first-order chi connectivity index (χ1) is 9.83. The molecule has 1 N–H and O–H groups in total. The van der Waals surface area contributed by atoms with Gasteiger partial charge in [0.2, 0.25) is 5.91 Å². The van der Waals surface area contributed by atoms with Crippen LogP contribution >= 0.6 is 0 Å². The zero-order valence-electron chi connectivity index (χ0n) is 12.9. The molecule has 4 nitrogen and oxygen atoms in total. The highest BCUT2D eigenvalue weighted by Crippen LogP contribution is 2.28. The molecule has 0 bridgehead atoms. The van der Waals surface area contributed by atoms with Crippen LogP contribution in [-0.4, -0.2) is 50.2 Å². The Morgan fingerprint density at radius 3 is 2.75 bits per heavy atom. The van der Waals surface area contributed by atoms with Crippen LogP contribution in [-0.2, 0) is 9.53 Å². The lowest BCUT2D eigenvalue weighted by molar-refractivity contribution is -0.135. The Morgan fingerprint density at radius 2 is 2.00 bits per heavy atom. The molecule has 2 aliphatic heterocycles. The fraction of sp³-hybridized carbons (Fsp3) is 0.938. The Morgan fingerprint density at radius 1 is 1.20 bits per heavy atom. The van der Waals surface area contributed by atoms with Crippen molar-refractivity contribution in [1.82, 2.24) is 10.2 Å². The van der Waals surface area contributed by atoms with Gasteiger partial charge in [-0.15, -0.1) is 0 Å². The average Bonchev–Trinajstić information content (AvgIpc) is 2.74. The Bertz CT molecular complexity index is 290. The van der Waals surface area contributed by atoms with Crippen LogP contribution in [0.4, 0.5) is 0 Å². The number of carbonyl (C=O) groups is 1. The van der Waals surface area contributed by atoms with Crippen molar-refractivity contribution in [2.45, 2.75) is 57.4 Å². The standard InChI is InChI=1S/C16H30N2O2/c1-20-13-5-7-16(19)18-12-4-2-3-6-15(18)14-8-10-17-11-9-14/h14-15,17H,2-13H2,1H3. The van der Waals surface area contributed by atoms with Crippen molar-refractivity contribution in [3.63, 3.8) is 0 Å². The lowest BCUT2D eigenvalue weighted by Gasteiger charge is -2.38. The van der Waals surface area contributed by atoms with E-state index in [1.165, 1.54) is 38.5 Å². The van der Waals surface area contributed by atoms with E-state index in [0.29, 0.717) is 30.9 Å². The number of methoxy groups -OCH3 is 1. The van der Waals surface area contributed by atoms with E-state index >= 15 is 0 Å². The Hall–Kier alpha value is -0.610. The number of nitrogens with one attached hydrogen (secondary N) is 1. The number of amides is 1. The number of ether oxygens (including phenoxy) is 1. The van der Waals surface area contributed by atoms with Crippen molar-refractivity contribution in [3.8, 4) is 0 Å². The zero-order valence-corrected chi connectivity index (χ0v) is 12.9. The molecule has 1 amide bonds. The van der Waals surface area contributed by atoms with E-state index in [1.54, 1.807) is 7.11 Å². The summed E-state index contributed by atoms with van der Waals surface area (Å²) in [6.07, 6.45) is 8.91. The SMILES string of the molecule is COCCCC(=O)N1CCCCCC1C1CCNCC1. The summed E-state index contributed by atoms with van der Waals surface area (Å²) in [5.74, 6) is 1.06. The summed E-state index contributed by atoms with van der Waals surface area (Å²) in [5, 5.41) is 3.44. The molecule has 2 aliphatic rings. The highest BCUT2D eigenvalue weighted by atomic mass is 16.5. The van der Waals surface area contributed by atoms with Gasteiger partial charge in [-0.3, -0.25) is 4.79 Å². The third kappa shape index (κ3) is 4.45. The highest BCUT2D eigenvalue weighted by Gasteiger charge is 2.32. The maximum absolute atomic E-state index is 12.5. The lowest BCUT2D eigenvalue weighted by Crippen LogP contribution is -2.47. The van der Waals surface area contributed by atoms with Crippen molar-refractivity contribution >= 4 is 5.91 Å². The van der Waals surface area contributed by atoms with Crippen LogP contribution in [0.1, 0.15) is 51.4 Å². The maximum atomic E-state index is 12.5. The molecule has 0 spiro atoms. The number of hydrogen-bond donors (Lipinski definition) is 1. The molecule has 1 unspecified atom stereocenters. The molecule has 0 aliphatic carbocycles. The van der Waals surface area contributed by atoms with Gasteiger partial charge in [-0.25, -0.2) is 0 Å².